The minimum absolute atomic E-state index is 0.0795. The molecule has 2 heterocycles. The van der Waals surface area contributed by atoms with Crippen LogP contribution in [0.3, 0.4) is 0 Å². The predicted molar refractivity (Wildman–Crippen MR) is 97.6 cm³/mol. The highest BCUT2D eigenvalue weighted by Crippen LogP contribution is 2.23. The first-order valence-corrected chi connectivity index (χ1v) is 8.59. The molecule has 0 bridgehead atoms. The molecule has 0 radical (unpaired) electrons. The van der Waals surface area contributed by atoms with Gasteiger partial charge in [0.15, 0.2) is 0 Å². The predicted octanol–water partition coefficient (Wildman–Crippen LogP) is 3.14. The van der Waals surface area contributed by atoms with Gasteiger partial charge in [-0.05, 0) is 18.2 Å². The molecule has 0 aliphatic rings. The molecule has 7 nitrogen and oxygen atoms in total. The van der Waals surface area contributed by atoms with Crippen LogP contribution in [0, 0.1) is 0 Å². The molecule has 0 saturated heterocycles. The summed E-state index contributed by atoms with van der Waals surface area (Å²) in [6, 6.07) is 7.00. The molecule has 0 aliphatic heterocycles. The summed E-state index contributed by atoms with van der Waals surface area (Å²) in [4.78, 5) is 28.2. The van der Waals surface area contributed by atoms with Crippen LogP contribution in [0.1, 0.15) is 23.8 Å². The van der Waals surface area contributed by atoms with Crippen molar-refractivity contribution in [2.45, 2.75) is 13.3 Å². The molecule has 0 atom stereocenters. The van der Waals surface area contributed by atoms with Crippen molar-refractivity contribution in [3.63, 3.8) is 0 Å². The average molecular weight is 355 g/mol. The third-order valence-corrected chi connectivity index (χ3v) is 4.31. The molecule has 128 valence electrons. The molecule has 25 heavy (non-hydrogen) atoms. The van der Waals surface area contributed by atoms with E-state index in [0.717, 1.165) is 10.6 Å². The Labute approximate surface area is 148 Å². The number of rotatable bonds is 5. The number of amides is 2. The van der Waals surface area contributed by atoms with Crippen molar-refractivity contribution >= 4 is 34.5 Å². The van der Waals surface area contributed by atoms with Crippen LogP contribution in [0.5, 0.6) is 0 Å². The van der Waals surface area contributed by atoms with E-state index >= 15 is 0 Å². The number of benzene rings is 1. The molecular weight excluding hydrogens is 338 g/mol. The fourth-order valence-corrected chi connectivity index (χ4v) is 2.94. The zero-order valence-corrected chi connectivity index (χ0v) is 14.6. The number of nitrogens with zero attached hydrogens (tertiary/aromatic N) is 3. The molecule has 2 N–H and O–H groups in total. The molecule has 1 aromatic carbocycles. The van der Waals surface area contributed by atoms with Crippen molar-refractivity contribution in [1.82, 2.24) is 14.8 Å². The first-order chi connectivity index (χ1) is 12.0. The van der Waals surface area contributed by atoms with Gasteiger partial charge in [0.1, 0.15) is 10.7 Å². The van der Waals surface area contributed by atoms with Gasteiger partial charge in [0.25, 0.3) is 5.91 Å². The lowest BCUT2D eigenvalue weighted by atomic mass is 10.2. The second-order valence-corrected chi connectivity index (χ2v) is 6.24. The molecule has 0 fully saturated rings. The summed E-state index contributed by atoms with van der Waals surface area (Å²) >= 11 is 1.39. The molecule has 0 saturated carbocycles. The minimum atomic E-state index is -0.301. The monoisotopic (exact) mass is 355 g/mol. The molecule has 0 spiro atoms. The highest BCUT2D eigenvalue weighted by Gasteiger charge is 2.13. The third kappa shape index (κ3) is 4.10. The van der Waals surface area contributed by atoms with Gasteiger partial charge in [0, 0.05) is 42.0 Å². The van der Waals surface area contributed by atoms with Crippen molar-refractivity contribution in [3.05, 3.63) is 47.7 Å². The van der Waals surface area contributed by atoms with Gasteiger partial charge in [-0.3, -0.25) is 14.3 Å². The quantitative estimate of drug-likeness (QED) is 0.736. The lowest BCUT2D eigenvalue weighted by molar-refractivity contribution is -0.115. The number of hydrogen-bond donors (Lipinski definition) is 2. The summed E-state index contributed by atoms with van der Waals surface area (Å²) in [5, 5.41) is 12.1. The van der Waals surface area contributed by atoms with E-state index in [4.69, 9.17) is 0 Å². The smallest absolute Gasteiger partial charge is 0.275 e. The fourth-order valence-electron chi connectivity index (χ4n) is 2.16. The largest absolute Gasteiger partial charge is 0.326 e. The van der Waals surface area contributed by atoms with Crippen molar-refractivity contribution in [3.8, 4) is 10.6 Å². The Hall–Kier alpha value is -3.00. The Kier molecular flexibility index (Phi) is 4.90. The summed E-state index contributed by atoms with van der Waals surface area (Å²) < 4.78 is 1.69. The Morgan fingerprint density at radius 1 is 1.24 bits per heavy atom. The van der Waals surface area contributed by atoms with Gasteiger partial charge < -0.3 is 10.6 Å². The lowest BCUT2D eigenvalue weighted by Crippen LogP contribution is -2.13. The first-order valence-electron chi connectivity index (χ1n) is 7.71. The lowest BCUT2D eigenvalue weighted by Gasteiger charge is -2.07. The van der Waals surface area contributed by atoms with E-state index in [1.54, 1.807) is 47.4 Å². The number of anilines is 2. The van der Waals surface area contributed by atoms with E-state index in [2.05, 4.69) is 20.7 Å². The number of hydrogen-bond acceptors (Lipinski definition) is 5. The maximum atomic E-state index is 12.4. The van der Waals surface area contributed by atoms with Gasteiger partial charge in [-0.1, -0.05) is 13.0 Å². The maximum absolute atomic E-state index is 12.4. The Bertz CT molecular complexity index is 915. The van der Waals surface area contributed by atoms with Crippen LogP contribution in [-0.2, 0) is 11.8 Å². The van der Waals surface area contributed by atoms with E-state index in [-0.39, 0.29) is 11.8 Å². The summed E-state index contributed by atoms with van der Waals surface area (Å²) in [7, 11) is 1.83. The van der Waals surface area contributed by atoms with Gasteiger partial charge in [-0.2, -0.15) is 5.10 Å². The van der Waals surface area contributed by atoms with Crippen LogP contribution >= 0.6 is 11.3 Å². The second kappa shape index (κ2) is 7.27. The molecule has 3 aromatic rings. The maximum Gasteiger partial charge on any atom is 0.275 e. The summed E-state index contributed by atoms with van der Waals surface area (Å²) in [6.07, 6.45) is 3.95. The molecular formula is C17H17N5O2S. The fraction of sp³-hybridized carbons (Fsp3) is 0.176. The van der Waals surface area contributed by atoms with Crippen LogP contribution in [0.15, 0.2) is 42.0 Å². The standard InChI is InChI=1S/C17H17N5O2S/c1-3-15(23)19-12-5-4-6-13(7-12)20-16(24)14-10-25-17(21-14)11-8-18-22(2)9-11/h4-10H,3H2,1-2H3,(H,19,23)(H,20,24). The topological polar surface area (TPSA) is 88.9 Å². The minimum Gasteiger partial charge on any atom is -0.326 e. The number of aryl methyl sites for hydroxylation is 1. The Morgan fingerprint density at radius 2 is 2.00 bits per heavy atom. The molecule has 3 rings (SSSR count). The first kappa shape index (κ1) is 16.8. The third-order valence-electron chi connectivity index (χ3n) is 3.41. The molecule has 0 aliphatic carbocycles. The SMILES string of the molecule is CCC(=O)Nc1cccc(NC(=O)c2csc(-c3cnn(C)c3)n2)c1. The van der Waals surface area contributed by atoms with Crippen molar-refractivity contribution < 1.29 is 9.59 Å². The number of aromatic nitrogens is 3. The molecule has 2 amide bonds. The van der Waals surface area contributed by atoms with Gasteiger partial charge in [0.2, 0.25) is 5.91 Å². The van der Waals surface area contributed by atoms with Gasteiger partial charge in [-0.15, -0.1) is 11.3 Å². The molecule has 8 heteroatoms. The zero-order chi connectivity index (χ0) is 17.8. The number of carbonyl (C=O) groups excluding carboxylic acids is 2. The summed E-state index contributed by atoms with van der Waals surface area (Å²) in [5.41, 5.74) is 2.44. The van der Waals surface area contributed by atoms with E-state index < -0.39 is 0 Å². The van der Waals surface area contributed by atoms with Gasteiger partial charge in [-0.25, -0.2) is 4.98 Å². The van der Waals surface area contributed by atoms with E-state index in [1.807, 2.05) is 13.2 Å². The normalized spacial score (nSPS) is 10.5. The Balaban J connectivity index is 1.71. The van der Waals surface area contributed by atoms with Crippen LogP contribution in [0.4, 0.5) is 11.4 Å². The van der Waals surface area contributed by atoms with Crippen molar-refractivity contribution in [2.24, 2.45) is 7.05 Å². The van der Waals surface area contributed by atoms with Crippen LogP contribution in [0.2, 0.25) is 0 Å². The molecule has 0 unspecified atom stereocenters. The van der Waals surface area contributed by atoms with Gasteiger partial charge >= 0.3 is 0 Å². The number of carbonyl (C=O) groups is 2. The highest BCUT2D eigenvalue weighted by molar-refractivity contribution is 7.13. The van der Waals surface area contributed by atoms with Crippen molar-refractivity contribution in [2.75, 3.05) is 10.6 Å². The summed E-state index contributed by atoms with van der Waals surface area (Å²) in [6.45, 7) is 1.78. The molecule has 2 aromatic heterocycles. The van der Waals surface area contributed by atoms with Crippen molar-refractivity contribution in [1.29, 1.82) is 0 Å². The van der Waals surface area contributed by atoms with E-state index in [9.17, 15) is 9.59 Å². The van der Waals surface area contributed by atoms with E-state index in [0.29, 0.717) is 23.5 Å². The number of thiazole rings is 1. The Morgan fingerprint density at radius 3 is 2.68 bits per heavy atom. The summed E-state index contributed by atoms with van der Waals surface area (Å²) in [5.74, 6) is -0.380. The van der Waals surface area contributed by atoms with Crippen LogP contribution < -0.4 is 10.6 Å². The van der Waals surface area contributed by atoms with Crippen LogP contribution in [0.25, 0.3) is 10.6 Å². The highest BCUT2D eigenvalue weighted by atomic mass is 32.1. The van der Waals surface area contributed by atoms with E-state index in [1.165, 1.54) is 11.3 Å². The average Bonchev–Trinajstić information content (AvgIpc) is 3.24. The second-order valence-electron chi connectivity index (χ2n) is 5.38. The van der Waals surface area contributed by atoms with Crippen LogP contribution in [-0.4, -0.2) is 26.6 Å². The zero-order valence-electron chi connectivity index (χ0n) is 13.8. The van der Waals surface area contributed by atoms with Gasteiger partial charge in [0.05, 0.1) is 6.20 Å². The number of nitrogens with one attached hydrogen (secondary N) is 2.